The molecular formula is C34H56N6O6S. The first-order chi connectivity index (χ1) is 22.6. The highest BCUT2D eigenvalue weighted by Crippen LogP contribution is 2.28. The number of nitrogens with zero attached hydrogens (tertiary/aromatic N) is 1. The topological polar surface area (TPSA) is 186 Å². The quantitative estimate of drug-likeness (QED) is 0.0926. The SMILES string of the molecule is CCCS(=O)(=O)NC[C@H](O)C[C@H](O)[C@H](CC1CCCCC1)NC(=O)C(Cc1cnc[nH]1)NC(=O)C(CCCNC)Cc1ccccc1. The van der Waals surface area contributed by atoms with Crippen LogP contribution in [0.4, 0.5) is 0 Å². The van der Waals surface area contributed by atoms with Crippen LogP contribution >= 0.6 is 0 Å². The van der Waals surface area contributed by atoms with Crippen LogP contribution in [0.2, 0.25) is 0 Å². The van der Waals surface area contributed by atoms with E-state index in [4.69, 9.17) is 0 Å². The van der Waals surface area contributed by atoms with Crippen LogP contribution in [0.25, 0.3) is 0 Å². The van der Waals surface area contributed by atoms with E-state index in [-0.39, 0.29) is 37.0 Å². The van der Waals surface area contributed by atoms with Crippen molar-refractivity contribution >= 4 is 21.8 Å². The number of sulfonamides is 1. The Morgan fingerprint density at radius 3 is 2.45 bits per heavy atom. The molecule has 1 aromatic heterocycles. The number of amides is 2. The van der Waals surface area contributed by atoms with Crippen molar-refractivity contribution in [2.45, 2.75) is 108 Å². The summed E-state index contributed by atoms with van der Waals surface area (Å²) in [6, 6.07) is 8.19. The minimum atomic E-state index is -3.52. The molecule has 2 aromatic rings. The van der Waals surface area contributed by atoms with Crippen molar-refractivity contribution in [1.29, 1.82) is 0 Å². The maximum Gasteiger partial charge on any atom is 0.243 e. The Balaban J connectivity index is 1.76. The lowest BCUT2D eigenvalue weighted by Crippen LogP contribution is -2.55. The van der Waals surface area contributed by atoms with Gasteiger partial charge in [-0.2, -0.15) is 0 Å². The first-order valence-corrected chi connectivity index (χ1v) is 18.8. The second kappa shape index (κ2) is 20.5. The van der Waals surface area contributed by atoms with E-state index in [2.05, 4.69) is 30.6 Å². The second-order valence-corrected chi connectivity index (χ2v) is 14.9. The molecule has 1 aliphatic carbocycles. The van der Waals surface area contributed by atoms with E-state index in [1.54, 1.807) is 13.1 Å². The Morgan fingerprint density at radius 2 is 1.79 bits per heavy atom. The van der Waals surface area contributed by atoms with Gasteiger partial charge in [0, 0.05) is 37.2 Å². The summed E-state index contributed by atoms with van der Waals surface area (Å²) in [6.45, 7) is 2.30. The van der Waals surface area contributed by atoms with E-state index in [1.165, 1.54) is 6.33 Å². The van der Waals surface area contributed by atoms with Crippen molar-refractivity contribution in [3.63, 3.8) is 0 Å². The largest absolute Gasteiger partial charge is 0.392 e. The lowest BCUT2D eigenvalue weighted by atomic mass is 9.83. The second-order valence-electron chi connectivity index (χ2n) is 13.0. The third-order valence-electron chi connectivity index (χ3n) is 8.92. The highest BCUT2D eigenvalue weighted by molar-refractivity contribution is 7.89. The summed E-state index contributed by atoms with van der Waals surface area (Å²) in [5.41, 5.74) is 1.72. The summed E-state index contributed by atoms with van der Waals surface area (Å²) >= 11 is 0. The van der Waals surface area contributed by atoms with E-state index in [9.17, 15) is 28.2 Å². The molecule has 0 saturated heterocycles. The molecule has 2 unspecified atom stereocenters. The van der Waals surface area contributed by atoms with E-state index < -0.39 is 40.2 Å². The molecule has 47 heavy (non-hydrogen) atoms. The van der Waals surface area contributed by atoms with E-state index in [1.807, 2.05) is 37.4 Å². The van der Waals surface area contributed by atoms with Crippen molar-refractivity contribution in [1.82, 2.24) is 30.6 Å². The Kier molecular flexibility index (Phi) is 16.8. The molecule has 2 amide bonds. The molecule has 5 atom stereocenters. The van der Waals surface area contributed by atoms with Gasteiger partial charge in [-0.05, 0) is 57.2 Å². The summed E-state index contributed by atoms with van der Waals surface area (Å²) < 4.78 is 26.6. The van der Waals surface area contributed by atoms with Crippen molar-refractivity contribution in [2.75, 3.05) is 25.9 Å². The molecule has 1 saturated carbocycles. The maximum atomic E-state index is 14.0. The number of carbonyl (C=O) groups excluding carboxylic acids is 2. The van der Waals surface area contributed by atoms with E-state index in [0.29, 0.717) is 37.3 Å². The Hall–Kier alpha value is -2.84. The zero-order valence-corrected chi connectivity index (χ0v) is 28.8. The van der Waals surface area contributed by atoms with Gasteiger partial charge in [0.05, 0.1) is 30.3 Å². The number of aliphatic hydroxyl groups is 2. The van der Waals surface area contributed by atoms with Gasteiger partial charge in [-0.25, -0.2) is 18.1 Å². The lowest BCUT2D eigenvalue weighted by Gasteiger charge is -2.32. The number of aromatic nitrogens is 2. The fourth-order valence-corrected chi connectivity index (χ4v) is 7.46. The molecule has 12 nitrogen and oxygen atoms in total. The van der Waals surface area contributed by atoms with Crippen molar-refractivity contribution < 1.29 is 28.2 Å². The van der Waals surface area contributed by atoms with Gasteiger partial charge in [0.2, 0.25) is 21.8 Å². The highest BCUT2D eigenvalue weighted by Gasteiger charge is 2.32. The monoisotopic (exact) mass is 676 g/mol. The summed E-state index contributed by atoms with van der Waals surface area (Å²) in [6.07, 6.45) is 9.18. The van der Waals surface area contributed by atoms with Gasteiger partial charge in [-0.1, -0.05) is 69.4 Å². The zero-order chi connectivity index (χ0) is 34.1. The molecule has 1 fully saturated rings. The molecule has 1 aromatic carbocycles. The predicted molar refractivity (Wildman–Crippen MR) is 183 cm³/mol. The molecule has 13 heteroatoms. The van der Waals surface area contributed by atoms with Crippen molar-refractivity contribution in [2.24, 2.45) is 11.8 Å². The third-order valence-corrected chi connectivity index (χ3v) is 10.5. The molecular weight excluding hydrogens is 620 g/mol. The fraction of sp³-hybridized carbons (Fsp3) is 0.676. The van der Waals surface area contributed by atoms with Gasteiger partial charge in [-0.3, -0.25) is 9.59 Å². The summed E-state index contributed by atoms with van der Waals surface area (Å²) in [5, 5.41) is 31.1. The highest BCUT2D eigenvalue weighted by atomic mass is 32.2. The van der Waals surface area contributed by atoms with E-state index >= 15 is 0 Å². The van der Waals surface area contributed by atoms with Gasteiger partial charge < -0.3 is 31.1 Å². The minimum absolute atomic E-state index is 0.0478. The number of hydrogen-bond acceptors (Lipinski definition) is 8. The first-order valence-electron chi connectivity index (χ1n) is 17.2. The van der Waals surface area contributed by atoms with Crippen LogP contribution in [0.15, 0.2) is 42.9 Å². The third kappa shape index (κ3) is 14.4. The van der Waals surface area contributed by atoms with Gasteiger partial charge in [0.15, 0.2) is 0 Å². The molecule has 1 heterocycles. The van der Waals surface area contributed by atoms with Gasteiger partial charge in [0.1, 0.15) is 6.04 Å². The molecule has 0 radical (unpaired) electrons. The van der Waals surface area contributed by atoms with Crippen LogP contribution in [0.1, 0.15) is 82.4 Å². The molecule has 3 rings (SSSR count). The van der Waals surface area contributed by atoms with Crippen LogP contribution in [-0.4, -0.2) is 90.6 Å². The average molecular weight is 677 g/mol. The van der Waals surface area contributed by atoms with Gasteiger partial charge in [0.25, 0.3) is 0 Å². The molecule has 1 aliphatic rings. The Bertz CT molecular complexity index is 1270. The Labute approximate surface area is 280 Å². The summed E-state index contributed by atoms with van der Waals surface area (Å²) in [7, 11) is -1.65. The number of imidazole rings is 1. The van der Waals surface area contributed by atoms with Crippen LogP contribution in [0.3, 0.4) is 0 Å². The first kappa shape index (κ1) is 38.6. The number of aromatic amines is 1. The maximum absolute atomic E-state index is 14.0. The number of nitrogens with one attached hydrogen (secondary N) is 5. The molecule has 7 N–H and O–H groups in total. The smallest absolute Gasteiger partial charge is 0.243 e. The predicted octanol–water partition coefficient (Wildman–Crippen LogP) is 2.19. The number of carbonyl (C=O) groups is 2. The fourth-order valence-electron chi connectivity index (χ4n) is 6.33. The van der Waals surface area contributed by atoms with Crippen LogP contribution < -0.4 is 20.7 Å². The molecule has 0 aliphatic heterocycles. The average Bonchev–Trinajstić information content (AvgIpc) is 3.57. The van der Waals surface area contributed by atoms with Crippen molar-refractivity contribution in [3.05, 3.63) is 54.1 Å². The van der Waals surface area contributed by atoms with Gasteiger partial charge >= 0.3 is 0 Å². The summed E-state index contributed by atoms with van der Waals surface area (Å²) in [4.78, 5) is 34.9. The van der Waals surface area contributed by atoms with Crippen molar-refractivity contribution in [3.8, 4) is 0 Å². The lowest BCUT2D eigenvalue weighted by molar-refractivity contribution is -0.132. The van der Waals surface area contributed by atoms with Gasteiger partial charge in [-0.15, -0.1) is 0 Å². The number of benzene rings is 1. The number of aliphatic hydroxyl groups excluding tert-OH is 2. The molecule has 264 valence electrons. The van der Waals surface area contributed by atoms with Crippen LogP contribution in [0, 0.1) is 11.8 Å². The normalized spacial score (nSPS) is 17.4. The van der Waals surface area contributed by atoms with Crippen LogP contribution in [-0.2, 0) is 32.5 Å². The number of hydrogen-bond donors (Lipinski definition) is 7. The van der Waals surface area contributed by atoms with Crippen LogP contribution in [0.5, 0.6) is 0 Å². The summed E-state index contributed by atoms with van der Waals surface area (Å²) in [5.74, 6) is -0.748. The number of rotatable bonds is 22. The number of H-pyrrole nitrogens is 1. The Morgan fingerprint density at radius 1 is 1.04 bits per heavy atom. The minimum Gasteiger partial charge on any atom is -0.392 e. The zero-order valence-electron chi connectivity index (χ0n) is 28.0. The molecule has 0 spiro atoms. The standard InChI is InChI=1S/C34H56N6O6S/c1-3-17-47(45,46)38-23-29(41)21-32(42)30(19-26-13-8-5-9-14-26)39-34(44)31(20-28-22-36-24-37-28)40-33(43)27(15-10-16-35-2)18-25-11-6-4-7-12-25/h4,6-7,11-12,22,24,26-27,29-32,35,38,41-42H,3,5,8-10,13-21,23H2,1-2H3,(H,36,37)(H,39,44)(H,40,43)/t27?,29-,30+,31?,32+/m1/s1. The van der Waals surface area contributed by atoms with E-state index in [0.717, 1.165) is 50.6 Å². The molecule has 0 bridgehead atoms.